The molecule has 0 atom stereocenters. The van der Waals surface area contributed by atoms with Crippen molar-refractivity contribution in [3.8, 4) is 0 Å². The third-order valence-electron chi connectivity index (χ3n) is 2.66. The fourth-order valence-corrected chi connectivity index (χ4v) is 1.94. The summed E-state index contributed by atoms with van der Waals surface area (Å²) < 4.78 is 24.2. The van der Waals surface area contributed by atoms with E-state index in [9.17, 15) is 8.78 Å². The summed E-state index contributed by atoms with van der Waals surface area (Å²) in [6.07, 6.45) is 3.53. The van der Waals surface area contributed by atoms with Crippen LogP contribution in [0.3, 0.4) is 0 Å². The van der Waals surface area contributed by atoms with Gasteiger partial charge in [0.05, 0.1) is 0 Å². The summed E-state index contributed by atoms with van der Waals surface area (Å²) in [6.45, 7) is 0. The maximum absolute atomic E-state index is 12.1. The number of hydrogen-bond donors (Lipinski definition) is 1. The van der Waals surface area contributed by atoms with Gasteiger partial charge in [-0.25, -0.2) is 8.78 Å². The molecule has 0 bridgehead atoms. The Morgan fingerprint density at radius 3 is 2.00 bits per heavy atom. The highest BCUT2D eigenvalue weighted by atomic mass is 19.3. The van der Waals surface area contributed by atoms with Crippen molar-refractivity contribution in [3.63, 3.8) is 0 Å². The van der Waals surface area contributed by atoms with Crippen molar-refractivity contribution in [2.24, 2.45) is 5.73 Å². The molecule has 0 amide bonds. The van der Waals surface area contributed by atoms with E-state index in [1.165, 1.54) is 0 Å². The minimum atomic E-state index is -2.24. The van der Waals surface area contributed by atoms with Crippen LogP contribution >= 0.6 is 0 Å². The summed E-state index contributed by atoms with van der Waals surface area (Å²) in [6, 6.07) is 0. The first-order chi connectivity index (χ1) is 5.62. The van der Waals surface area contributed by atoms with E-state index >= 15 is 0 Å². The van der Waals surface area contributed by atoms with Crippen LogP contribution in [0.2, 0.25) is 0 Å². The molecule has 3 heteroatoms. The minimum Gasteiger partial charge on any atom is -0.325 e. The molecule has 1 saturated carbocycles. The molecule has 0 aromatic heterocycles. The molecule has 0 aliphatic heterocycles. The third-order valence-corrected chi connectivity index (χ3v) is 2.66. The smallest absolute Gasteiger partial charge is 0.240 e. The Morgan fingerprint density at radius 1 is 1.08 bits per heavy atom. The molecule has 12 heavy (non-hydrogen) atoms. The van der Waals surface area contributed by atoms with Crippen molar-refractivity contribution < 1.29 is 8.78 Å². The van der Waals surface area contributed by atoms with Gasteiger partial charge < -0.3 is 5.73 Å². The first kappa shape index (κ1) is 9.90. The maximum atomic E-state index is 12.1. The maximum Gasteiger partial charge on any atom is 0.240 e. The Bertz CT molecular complexity index is 128. The molecular formula is C9H17F2N. The highest BCUT2D eigenvalue weighted by Crippen LogP contribution is 2.29. The number of hydrogen-bond acceptors (Lipinski definition) is 1. The number of rotatable bonds is 2. The standard InChI is InChI=1S/C9H17F2N/c10-8(11)7-9(12)5-3-1-2-4-6-9/h8H,1-7,12H2. The lowest BCUT2D eigenvalue weighted by molar-refractivity contribution is 0.0987. The van der Waals surface area contributed by atoms with Gasteiger partial charge in [0.2, 0.25) is 6.43 Å². The van der Waals surface area contributed by atoms with Gasteiger partial charge in [0.1, 0.15) is 0 Å². The van der Waals surface area contributed by atoms with Crippen LogP contribution in [0.25, 0.3) is 0 Å². The van der Waals surface area contributed by atoms with Crippen LogP contribution in [0.15, 0.2) is 0 Å². The topological polar surface area (TPSA) is 26.0 Å². The molecule has 1 aliphatic rings. The second-order valence-electron chi connectivity index (χ2n) is 3.87. The number of alkyl halides is 2. The summed E-state index contributed by atoms with van der Waals surface area (Å²) in [5.41, 5.74) is 5.32. The van der Waals surface area contributed by atoms with Gasteiger partial charge in [0, 0.05) is 12.0 Å². The molecule has 1 rings (SSSR count). The molecule has 0 radical (unpaired) electrons. The van der Waals surface area contributed by atoms with E-state index in [1.54, 1.807) is 0 Å². The Hall–Kier alpha value is -0.180. The molecule has 0 heterocycles. The van der Waals surface area contributed by atoms with Crippen molar-refractivity contribution in [2.75, 3.05) is 0 Å². The Labute approximate surface area is 72.3 Å². The van der Waals surface area contributed by atoms with Crippen LogP contribution in [-0.4, -0.2) is 12.0 Å². The van der Waals surface area contributed by atoms with Crippen LogP contribution < -0.4 is 5.73 Å². The summed E-state index contributed by atoms with van der Waals surface area (Å²) in [5.74, 6) is 0. The summed E-state index contributed by atoms with van der Waals surface area (Å²) in [5, 5.41) is 0. The first-order valence-corrected chi connectivity index (χ1v) is 4.69. The predicted molar refractivity (Wildman–Crippen MR) is 45.2 cm³/mol. The fraction of sp³-hybridized carbons (Fsp3) is 1.00. The van der Waals surface area contributed by atoms with E-state index < -0.39 is 12.0 Å². The highest BCUT2D eigenvalue weighted by molar-refractivity contribution is 4.86. The van der Waals surface area contributed by atoms with Crippen LogP contribution in [0.4, 0.5) is 8.78 Å². The molecule has 1 fully saturated rings. The normalized spacial score (nSPS) is 24.0. The molecule has 0 spiro atoms. The average Bonchev–Trinajstić information content (AvgIpc) is 2.12. The molecule has 72 valence electrons. The van der Waals surface area contributed by atoms with Crippen LogP contribution in [-0.2, 0) is 0 Å². The van der Waals surface area contributed by atoms with E-state index in [1.807, 2.05) is 0 Å². The lowest BCUT2D eigenvalue weighted by Gasteiger charge is -2.27. The summed E-state index contributed by atoms with van der Waals surface area (Å²) in [7, 11) is 0. The van der Waals surface area contributed by atoms with Gasteiger partial charge in [-0.2, -0.15) is 0 Å². The third kappa shape index (κ3) is 3.05. The van der Waals surface area contributed by atoms with E-state index in [4.69, 9.17) is 5.73 Å². The van der Waals surface area contributed by atoms with Gasteiger partial charge in [0.25, 0.3) is 0 Å². The van der Waals surface area contributed by atoms with Crippen molar-refractivity contribution in [1.29, 1.82) is 0 Å². The summed E-state index contributed by atoms with van der Waals surface area (Å²) in [4.78, 5) is 0. The average molecular weight is 177 g/mol. The van der Waals surface area contributed by atoms with Crippen LogP contribution in [0, 0.1) is 0 Å². The van der Waals surface area contributed by atoms with E-state index in [0.717, 1.165) is 38.5 Å². The monoisotopic (exact) mass is 177 g/mol. The zero-order valence-corrected chi connectivity index (χ0v) is 7.36. The van der Waals surface area contributed by atoms with Gasteiger partial charge in [0.15, 0.2) is 0 Å². The van der Waals surface area contributed by atoms with Crippen molar-refractivity contribution >= 4 is 0 Å². The molecule has 2 N–H and O–H groups in total. The van der Waals surface area contributed by atoms with Gasteiger partial charge in [-0.05, 0) is 12.8 Å². The van der Waals surface area contributed by atoms with Gasteiger partial charge in [-0.1, -0.05) is 25.7 Å². The SMILES string of the molecule is NC1(CC(F)F)CCCCCC1. The minimum absolute atomic E-state index is 0.118. The van der Waals surface area contributed by atoms with Crippen LogP contribution in [0.5, 0.6) is 0 Å². The largest absolute Gasteiger partial charge is 0.325 e. The molecule has 1 aliphatic carbocycles. The lowest BCUT2D eigenvalue weighted by Crippen LogP contribution is -2.40. The van der Waals surface area contributed by atoms with Gasteiger partial charge >= 0.3 is 0 Å². The zero-order chi connectivity index (χ0) is 9.03. The van der Waals surface area contributed by atoms with Crippen molar-refractivity contribution in [1.82, 2.24) is 0 Å². The molecule has 1 nitrogen and oxygen atoms in total. The summed E-state index contributed by atoms with van der Waals surface area (Å²) >= 11 is 0. The predicted octanol–water partition coefficient (Wildman–Crippen LogP) is 2.69. The van der Waals surface area contributed by atoms with Crippen LogP contribution in [0.1, 0.15) is 44.9 Å². The van der Waals surface area contributed by atoms with Gasteiger partial charge in [-0.3, -0.25) is 0 Å². The molecule has 0 aromatic carbocycles. The Morgan fingerprint density at radius 2 is 1.58 bits per heavy atom. The van der Waals surface area contributed by atoms with E-state index in [-0.39, 0.29) is 6.42 Å². The Kier molecular flexibility index (Phi) is 3.44. The van der Waals surface area contributed by atoms with Crippen molar-refractivity contribution in [2.45, 2.75) is 56.9 Å². The zero-order valence-electron chi connectivity index (χ0n) is 7.36. The molecule has 0 unspecified atom stereocenters. The number of nitrogens with two attached hydrogens (primary N) is 1. The lowest BCUT2D eigenvalue weighted by atomic mass is 9.88. The first-order valence-electron chi connectivity index (χ1n) is 4.69. The molecule has 0 saturated heterocycles. The Balaban J connectivity index is 2.42. The van der Waals surface area contributed by atoms with E-state index in [2.05, 4.69) is 0 Å². The van der Waals surface area contributed by atoms with Crippen molar-refractivity contribution in [3.05, 3.63) is 0 Å². The van der Waals surface area contributed by atoms with Gasteiger partial charge in [-0.15, -0.1) is 0 Å². The van der Waals surface area contributed by atoms with E-state index in [0.29, 0.717) is 0 Å². The number of halogens is 2. The molecular weight excluding hydrogens is 160 g/mol. The fourth-order valence-electron chi connectivity index (χ4n) is 1.94. The quantitative estimate of drug-likeness (QED) is 0.645. The second kappa shape index (κ2) is 4.17. The molecule has 0 aromatic rings. The second-order valence-corrected chi connectivity index (χ2v) is 3.87. The highest BCUT2D eigenvalue weighted by Gasteiger charge is 2.29.